The summed E-state index contributed by atoms with van der Waals surface area (Å²) >= 11 is 0. The van der Waals surface area contributed by atoms with E-state index in [2.05, 4.69) is 46.2 Å². The average Bonchev–Trinajstić information content (AvgIpc) is 2.79. The molecule has 2 aromatic rings. The van der Waals surface area contributed by atoms with Crippen LogP contribution in [0.15, 0.2) is 60.7 Å². The molecule has 1 saturated heterocycles. The number of carboxylic acids is 1. The highest BCUT2D eigenvalue weighted by molar-refractivity contribution is 5.73. The van der Waals surface area contributed by atoms with Crippen molar-refractivity contribution in [2.45, 2.75) is 25.6 Å². The van der Waals surface area contributed by atoms with Gasteiger partial charge in [0.25, 0.3) is 0 Å². The van der Waals surface area contributed by atoms with E-state index in [1.54, 1.807) is 0 Å². The summed E-state index contributed by atoms with van der Waals surface area (Å²) < 4.78 is 0. The second kappa shape index (κ2) is 8.08. The zero-order valence-electron chi connectivity index (χ0n) is 13.8. The topological polar surface area (TPSA) is 43.8 Å². The minimum atomic E-state index is -0.715. The quantitative estimate of drug-likeness (QED) is 0.918. The van der Waals surface area contributed by atoms with Gasteiger partial charge in [0.05, 0.1) is 0 Å². The Balaban J connectivity index is 1.67. The van der Waals surface area contributed by atoms with Crippen LogP contribution in [0.3, 0.4) is 0 Å². The lowest BCUT2D eigenvalue weighted by molar-refractivity contribution is -0.143. The number of carboxylic acid groups (broad SMARTS) is 1. The number of benzene rings is 2. The van der Waals surface area contributed by atoms with Crippen LogP contribution in [0.1, 0.15) is 17.5 Å². The van der Waals surface area contributed by atoms with Crippen molar-refractivity contribution < 1.29 is 9.90 Å². The maximum absolute atomic E-state index is 11.7. The molecule has 24 heavy (non-hydrogen) atoms. The molecule has 1 unspecified atom stereocenters. The van der Waals surface area contributed by atoms with Crippen LogP contribution in [0.4, 0.5) is 0 Å². The summed E-state index contributed by atoms with van der Waals surface area (Å²) in [5, 5.41) is 9.63. The lowest BCUT2D eigenvalue weighted by atomic mass is 10.1. The van der Waals surface area contributed by atoms with Crippen LogP contribution in [0.5, 0.6) is 0 Å². The molecule has 0 aromatic heterocycles. The highest BCUT2D eigenvalue weighted by Gasteiger charge is 2.29. The van der Waals surface area contributed by atoms with Gasteiger partial charge in [0.15, 0.2) is 0 Å². The number of rotatable bonds is 5. The first-order valence-corrected chi connectivity index (χ1v) is 8.49. The Morgan fingerprint density at radius 3 is 2.04 bits per heavy atom. The second-order valence-electron chi connectivity index (χ2n) is 6.36. The van der Waals surface area contributed by atoms with E-state index in [4.69, 9.17) is 0 Å². The Morgan fingerprint density at radius 2 is 1.46 bits per heavy atom. The number of hydrogen-bond donors (Lipinski definition) is 1. The van der Waals surface area contributed by atoms with Crippen LogP contribution in [-0.2, 0) is 17.9 Å². The van der Waals surface area contributed by atoms with Crippen molar-refractivity contribution in [2.24, 2.45) is 0 Å². The van der Waals surface area contributed by atoms with Crippen molar-refractivity contribution in [1.29, 1.82) is 0 Å². The van der Waals surface area contributed by atoms with Crippen LogP contribution < -0.4 is 0 Å². The predicted molar refractivity (Wildman–Crippen MR) is 94.6 cm³/mol. The van der Waals surface area contributed by atoms with Crippen molar-refractivity contribution in [3.63, 3.8) is 0 Å². The molecule has 0 amide bonds. The van der Waals surface area contributed by atoms with Gasteiger partial charge in [-0.2, -0.15) is 0 Å². The van der Waals surface area contributed by atoms with Gasteiger partial charge in [-0.05, 0) is 17.5 Å². The Labute approximate surface area is 143 Å². The van der Waals surface area contributed by atoms with E-state index >= 15 is 0 Å². The summed E-state index contributed by atoms with van der Waals surface area (Å²) in [4.78, 5) is 16.2. The van der Waals surface area contributed by atoms with Crippen molar-refractivity contribution in [3.05, 3.63) is 71.8 Å². The molecule has 3 rings (SSSR count). The summed E-state index contributed by atoms with van der Waals surface area (Å²) in [5.74, 6) is -0.715. The van der Waals surface area contributed by atoms with E-state index in [-0.39, 0.29) is 0 Å². The van der Waals surface area contributed by atoms with E-state index in [0.717, 1.165) is 26.2 Å². The first-order valence-electron chi connectivity index (χ1n) is 8.49. The highest BCUT2D eigenvalue weighted by atomic mass is 16.4. The van der Waals surface area contributed by atoms with Crippen molar-refractivity contribution >= 4 is 5.97 Å². The molecule has 0 spiro atoms. The Hall–Kier alpha value is -2.17. The third-order valence-electron chi connectivity index (χ3n) is 4.63. The maximum Gasteiger partial charge on any atom is 0.320 e. The molecule has 4 nitrogen and oxygen atoms in total. The van der Waals surface area contributed by atoms with Crippen LogP contribution in [-0.4, -0.2) is 46.6 Å². The van der Waals surface area contributed by atoms with Crippen LogP contribution in [0.25, 0.3) is 0 Å². The molecule has 4 heteroatoms. The van der Waals surface area contributed by atoms with Crippen LogP contribution >= 0.6 is 0 Å². The lowest BCUT2D eigenvalue weighted by Gasteiger charge is -2.26. The molecule has 1 atom stereocenters. The molecule has 0 bridgehead atoms. The number of aliphatic carboxylic acids is 1. The molecule has 126 valence electrons. The average molecular weight is 324 g/mol. The molecular weight excluding hydrogens is 300 g/mol. The fourth-order valence-corrected chi connectivity index (χ4v) is 3.31. The first-order chi connectivity index (χ1) is 11.7. The number of carbonyl (C=O) groups is 1. The molecule has 1 aliphatic rings. The van der Waals surface area contributed by atoms with E-state index in [0.29, 0.717) is 13.0 Å². The monoisotopic (exact) mass is 324 g/mol. The van der Waals surface area contributed by atoms with Crippen molar-refractivity contribution in [1.82, 2.24) is 9.80 Å². The number of nitrogens with zero attached hydrogens (tertiary/aromatic N) is 2. The smallest absolute Gasteiger partial charge is 0.320 e. The van der Waals surface area contributed by atoms with Gasteiger partial charge >= 0.3 is 5.97 Å². The SMILES string of the molecule is O=C(O)C1CCN(Cc2ccccc2)CCN1Cc1ccccc1. The van der Waals surface area contributed by atoms with Gasteiger partial charge in [-0.15, -0.1) is 0 Å². The molecule has 1 heterocycles. The molecule has 1 fully saturated rings. The minimum absolute atomic E-state index is 0.411. The molecule has 1 aliphatic heterocycles. The molecule has 0 radical (unpaired) electrons. The van der Waals surface area contributed by atoms with Gasteiger partial charge in [0.1, 0.15) is 6.04 Å². The summed E-state index contributed by atoms with van der Waals surface area (Å²) in [6.45, 7) is 4.06. The largest absolute Gasteiger partial charge is 0.480 e. The molecule has 1 N–H and O–H groups in total. The van der Waals surface area contributed by atoms with Gasteiger partial charge in [-0.25, -0.2) is 0 Å². The Bertz CT molecular complexity index is 645. The molecule has 0 saturated carbocycles. The lowest BCUT2D eigenvalue weighted by Crippen LogP contribution is -2.41. The van der Waals surface area contributed by atoms with Gasteiger partial charge in [-0.3, -0.25) is 14.6 Å². The second-order valence-corrected chi connectivity index (χ2v) is 6.36. The third-order valence-corrected chi connectivity index (χ3v) is 4.63. The van der Waals surface area contributed by atoms with E-state index in [9.17, 15) is 9.90 Å². The molecule has 2 aromatic carbocycles. The maximum atomic E-state index is 11.7. The minimum Gasteiger partial charge on any atom is -0.480 e. The molecular formula is C20H24N2O2. The predicted octanol–water partition coefficient (Wildman–Crippen LogP) is 2.85. The van der Waals surface area contributed by atoms with Gasteiger partial charge in [-0.1, -0.05) is 60.7 Å². The van der Waals surface area contributed by atoms with E-state index < -0.39 is 12.0 Å². The van der Waals surface area contributed by atoms with Crippen molar-refractivity contribution in [2.75, 3.05) is 19.6 Å². The summed E-state index contributed by atoms with van der Waals surface area (Å²) in [5.41, 5.74) is 2.45. The molecule has 0 aliphatic carbocycles. The fourth-order valence-electron chi connectivity index (χ4n) is 3.31. The van der Waals surface area contributed by atoms with Gasteiger partial charge in [0, 0.05) is 32.7 Å². The number of hydrogen-bond acceptors (Lipinski definition) is 3. The van der Waals surface area contributed by atoms with E-state index in [1.165, 1.54) is 11.1 Å². The van der Waals surface area contributed by atoms with Crippen molar-refractivity contribution in [3.8, 4) is 0 Å². The Kier molecular flexibility index (Phi) is 5.62. The summed E-state index contributed by atoms with van der Waals surface area (Å²) in [7, 11) is 0. The first kappa shape index (κ1) is 16.7. The summed E-state index contributed by atoms with van der Waals surface area (Å²) in [6.07, 6.45) is 0.662. The zero-order chi connectivity index (χ0) is 16.8. The standard InChI is InChI=1S/C20H24N2O2/c23-20(24)19-11-12-21(15-17-7-3-1-4-8-17)13-14-22(19)16-18-9-5-2-6-10-18/h1-10,19H,11-16H2,(H,23,24). The van der Waals surface area contributed by atoms with Crippen LogP contribution in [0, 0.1) is 0 Å². The highest BCUT2D eigenvalue weighted by Crippen LogP contribution is 2.17. The van der Waals surface area contributed by atoms with E-state index in [1.807, 2.05) is 24.3 Å². The third kappa shape index (κ3) is 4.43. The van der Waals surface area contributed by atoms with Gasteiger partial charge in [0.2, 0.25) is 0 Å². The zero-order valence-corrected chi connectivity index (χ0v) is 13.8. The normalized spacial score (nSPS) is 19.8. The summed E-state index contributed by atoms with van der Waals surface area (Å²) in [6, 6.07) is 20.1. The van der Waals surface area contributed by atoms with Gasteiger partial charge < -0.3 is 5.11 Å². The van der Waals surface area contributed by atoms with Crippen LogP contribution in [0.2, 0.25) is 0 Å². The Morgan fingerprint density at radius 1 is 0.875 bits per heavy atom. The fraction of sp³-hybridized carbons (Fsp3) is 0.350.